The molecule has 0 bridgehead atoms. The Kier molecular flexibility index (Phi) is 5.92. The van der Waals surface area contributed by atoms with E-state index in [-0.39, 0.29) is 13.2 Å². The van der Waals surface area contributed by atoms with Crippen molar-refractivity contribution in [1.29, 1.82) is 0 Å². The lowest BCUT2D eigenvalue weighted by molar-refractivity contribution is 0.174. The number of aromatic nitrogens is 1. The highest BCUT2D eigenvalue weighted by molar-refractivity contribution is 5.09. The molecular formula is C11H18N2O2. The van der Waals surface area contributed by atoms with Crippen LogP contribution < -0.4 is 0 Å². The Morgan fingerprint density at radius 3 is 2.40 bits per heavy atom. The first kappa shape index (κ1) is 12.1. The van der Waals surface area contributed by atoms with Crippen LogP contribution in [0.5, 0.6) is 0 Å². The minimum Gasteiger partial charge on any atom is -0.396 e. The summed E-state index contributed by atoms with van der Waals surface area (Å²) in [7, 11) is 0. The maximum absolute atomic E-state index is 8.90. The smallest absolute Gasteiger partial charge is 0.0558 e. The zero-order chi connectivity index (χ0) is 10.9. The van der Waals surface area contributed by atoms with Gasteiger partial charge in [-0.3, -0.25) is 9.88 Å². The first-order valence-corrected chi connectivity index (χ1v) is 5.20. The van der Waals surface area contributed by atoms with Gasteiger partial charge in [0.2, 0.25) is 0 Å². The van der Waals surface area contributed by atoms with Crippen molar-refractivity contribution >= 4 is 0 Å². The van der Waals surface area contributed by atoms with Crippen molar-refractivity contribution < 1.29 is 10.2 Å². The van der Waals surface area contributed by atoms with Crippen molar-refractivity contribution in [2.75, 3.05) is 26.3 Å². The topological polar surface area (TPSA) is 56.6 Å². The van der Waals surface area contributed by atoms with E-state index in [1.54, 1.807) is 12.4 Å². The standard InChI is InChI=1S/C11H18N2O2/c14-8-1-6-13(7-9-15)10-11-2-4-12-5-3-11/h2-5,14-15H,1,6-10H2. The average molecular weight is 210 g/mol. The molecule has 0 aromatic carbocycles. The molecule has 0 aliphatic carbocycles. The maximum atomic E-state index is 8.90. The fourth-order valence-electron chi connectivity index (χ4n) is 1.45. The second-order valence-corrected chi connectivity index (χ2v) is 3.43. The van der Waals surface area contributed by atoms with Gasteiger partial charge in [-0.1, -0.05) is 0 Å². The van der Waals surface area contributed by atoms with Crippen LogP contribution in [0.3, 0.4) is 0 Å². The average Bonchev–Trinajstić information content (AvgIpc) is 2.28. The predicted octanol–water partition coefficient (Wildman–Crippen LogP) is 0.258. The number of aliphatic hydroxyl groups is 2. The minimum atomic E-state index is 0.149. The molecule has 0 fully saturated rings. The summed E-state index contributed by atoms with van der Waals surface area (Å²) >= 11 is 0. The monoisotopic (exact) mass is 210 g/mol. The number of aliphatic hydroxyl groups excluding tert-OH is 2. The SMILES string of the molecule is OCCCN(CCO)Cc1ccncc1. The number of pyridine rings is 1. The summed E-state index contributed by atoms with van der Waals surface area (Å²) in [6.07, 6.45) is 4.27. The number of nitrogens with zero attached hydrogens (tertiary/aromatic N) is 2. The van der Waals surface area contributed by atoms with Crippen LogP contribution in [0, 0.1) is 0 Å². The third-order valence-electron chi connectivity index (χ3n) is 2.20. The molecule has 1 aromatic heterocycles. The third kappa shape index (κ3) is 4.88. The molecule has 0 aliphatic heterocycles. The van der Waals surface area contributed by atoms with E-state index in [0.717, 1.165) is 19.5 Å². The molecule has 4 nitrogen and oxygen atoms in total. The van der Waals surface area contributed by atoms with E-state index in [1.165, 1.54) is 5.56 Å². The lowest BCUT2D eigenvalue weighted by atomic mass is 10.2. The summed E-state index contributed by atoms with van der Waals surface area (Å²) in [6.45, 7) is 2.58. The highest BCUT2D eigenvalue weighted by Crippen LogP contribution is 2.03. The molecule has 0 unspecified atom stereocenters. The first-order chi connectivity index (χ1) is 7.36. The molecule has 0 atom stereocenters. The van der Waals surface area contributed by atoms with Crippen molar-refractivity contribution in [1.82, 2.24) is 9.88 Å². The Morgan fingerprint density at radius 2 is 1.80 bits per heavy atom. The van der Waals surface area contributed by atoms with E-state index in [1.807, 2.05) is 12.1 Å². The van der Waals surface area contributed by atoms with Crippen LogP contribution in [0.2, 0.25) is 0 Å². The minimum absolute atomic E-state index is 0.149. The van der Waals surface area contributed by atoms with Gasteiger partial charge in [0, 0.05) is 38.6 Å². The van der Waals surface area contributed by atoms with Crippen LogP contribution in [-0.4, -0.2) is 46.4 Å². The molecular weight excluding hydrogens is 192 g/mol. The lowest BCUT2D eigenvalue weighted by Gasteiger charge is -2.20. The quantitative estimate of drug-likeness (QED) is 0.677. The van der Waals surface area contributed by atoms with Crippen molar-refractivity contribution in [3.05, 3.63) is 30.1 Å². The molecule has 4 heteroatoms. The molecule has 15 heavy (non-hydrogen) atoms. The van der Waals surface area contributed by atoms with Crippen LogP contribution in [0.15, 0.2) is 24.5 Å². The Balaban J connectivity index is 2.43. The molecule has 2 N–H and O–H groups in total. The second kappa shape index (κ2) is 7.34. The fourth-order valence-corrected chi connectivity index (χ4v) is 1.45. The molecule has 0 amide bonds. The first-order valence-electron chi connectivity index (χ1n) is 5.20. The van der Waals surface area contributed by atoms with Crippen molar-refractivity contribution in [2.45, 2.75) is 13.0 Å². The van der Waals surface area contributed by atoms with E-state index in [2.05, 4.69) is 9.88 Å². The van der Waals surface area contributed by atoms with Gasteiger partial charge in [-0.05, 0) is 24.1 Å². The van der Waals surface area contributed by atoms with E-state index in [9.17, 15) is 0 Å². The van der Waals surface area contributed by atoms with Crippen LogP contribution >= 0.6 is 0 Å². The number of hydrogen-bond donors (Lipinski definition) is 2. The van der Waals surface area contributed by atoms with Crippen molar-refractivity contribution in [2.24, 2.45) is 0 Å². The molecule has 1 aromatic rings. The molecule has 0 saturated heterocycles. The second-order valence-electron chi connectivity index (χ2n) is 3.43. The zero-order valence-electron chi connectivity index (χ0n) is 8.84. The van der Waals surface area contributed by atoms with Crippen molar-refractivity contribution in [3.63, 3.8) is 0 Å². The highest BCUT2D eigenvalue weighted by Gasteiger charge is 2.04. The summed E-state index contributed by atoms with van der Waals surface area (Å²) in [5, 5.41) is 17.6. The Bertz CT molecular complexity index is 254. The lowest BCUT2D eigenvalue weighted by Crippen LogP contribution is -2.28. The van der Waals surface area contributed by atoms with E-state index in [0.29, 0.717) is 6.54 Å². The van der Waals surface area contributed by atoms with Crippen LogP contribution in [0.25, 0.3) is 0 Å². The van der Waals surface area contributed by atoms with Crippen LogP contribution in [-0.2, 0) is 6.54 Å². The normalized spacial score (nSPS) is 10.9. The number of hydrogen-bond acceptors (Lipinski definition) is 4. The molecule has 0 saturated carbocycles. The van der Waals surface area contributed by atoms with Gasteiger partial charge in [-0.2, -0.15) is 0 Å². The van der Waals surface area contributed by atoms with E-state index < -0.39 is 0 Å². The van der Waals surface area contributed by atoms with E-state index in [4.69, 9.17) is 10.2 Å². The summed E-state index contributed by atoms with van der Waals surface area (Å²) in [4.78, 5) is 6.07. The largest absolute Gasteiger partial charge is 0.396 e. The van der Waals surface area contributed by atoms with Gasteiger partial charge >= 0.3 is 0 Å². The van der Waals surface area contributed by atoms with E-state index >= 15 is 0 Å². The molecule has 84 valence electrons. The predicted molar refractivity (Wildman–Crippen MR) is 58.3 cm³/mol. The highest BCUT2D eigenvalue weighted by atomic mass is 16.3. The van der Waals surface area contributed by atoms with Gasteiger partial charge < -0.3 is 10.2 Å². The summed E-state index contributed by atoms with van der Waals surface area (Å²) in [6, 6.07) is 3.92. The molecule has 0 radical (unpaired) electrons. The van der Waals surface area contributed by atoms with Gasteiger partial charge in [-0.15, -0.1) is 0 Å². The van der Waals surface area contributed by atoms with Crippen LogP contribution in [0.1, 0.15) is 12.0 Å². The molecule has 1 heterocycles. The summed E-state index contributed by atoms with van der Waals surface area (Å²) in [5.41, 5.74) is 1.18. The summed E-state index contributed by atoms with van der Waals surface area (Å²) < 4.78 is 0. The fraction of sp³-hybridized carbons (Fsp3) is 0.545. The van der Waals surface area contributed by atoms with Gasteiger partial charge in [-0.25, -0.2) is 0 Å². The maximum Gasteiger partial charge on any atom is 0.0558 e. The van der Waals surface area contributed by atoms with Crippen molar-refractivity contribution in [3.8, 4) is 0 Å². The Labute approximate surface area is 90.2 Å². The van der Waals surface area contributed by atoms with Gasteiger partial charge in [0.1, 0.15) is 0 Å². The molecule has 1 rings (SSSR count). The Morgan fingerprint density at radius 1 is 1.07 bits per heavy atom. The van der Waals surface area contributed by atoms with Gasteiger partial charge in [0.05, 0.1) is 6.61 Å². The molecule has 0 spiro atoms. The zero-order valence-corrected chi connectivity index (χ0v) is 8.84. The third-order valence-corrected chi connectivity index (χ3v) is 2.20. The van der Waals surface area contributed by atoms with Gasteiger partial charge in [0.25, 0.3) is 0 Å². The van der Waals surface area contributed by atoms with Gasteiger partial charge in [0.15, 0.2) is 0 Å². The Hall–Kier alpha value is -0.970. The van der Waals surface area contributed by atoms with Crippen LogP contribution in [0.4, 0.5) is 0 Å². The number of rotatable bonds is 7. The molecule has 0 aliphatic rings. The summed E-state index contributed by atoms with van der Waals surface area (Å²) in [5.74, 6) is 0.